The Balaban J connectivity index is 1.57. The van der Waals surface area contributed by atoms with E-state index in [1.807, 2.05) is 51.1 Å². The van der Waals surface area contributed by atoms with Crippen molar-refractivity contribution in [1.82, 2.24) is 25.8 Å². The van der Waals surface area contributed by atoms with E-state index in [9.17, 15) is 24.0 Å². The Hall–Kier alpha value is -3.67. The Morgan fingerprint density at radius 1 is 0.947 bits per heavy atom. The van der Waals surface area contributed by atoms with Crippen LogP contribution in [0.5, 0.6) is 0 Å². The molecular weight excluding hydrogens is 492 g/mol. The predicted octanol–water partition coefficient (Wildman–Crippen LogP) is -0.485. The number of hydrogen-bond acceptors (Lipinski definition) is 7. The van der Waals surface area contributed by atoms with Gasteiger partial charge < -0.3 is 36.2 Å². The molecule has 3 atom stereocenters. The van der Waals surface area contributed by atoms with E-state index in [-0.39, 0.29) is 50.1 Å². The van der Waals surface area contributed by atoms with Gasteiger partial charge in [-0.15, -0.1) is 0 Å². The monoisotopic (exact) mass is 530 g/mol. The standard InChI is InChI=1S/C26H38N6O6/c1-26(2,3)38-25(37)32-16-18-9-10-19(32)15-31(18)23(35)14-29-24(36)20(11-17-7-5-4-6-8-17)30-22(34)13-28-21(33)12-27/h4-8,18-20H,9-16,27H2,1-3H3,(H,28,33)(H,29,36)(H,30,34)/t18?,19-,20+/m1/s1. The summed E-state index contributed by atoms with van der Waals surface area (Å²) in [6.45, 7) is 5.40. The van der Waals surface area contributed by atoms with Crippen LogP contribution in [0.3, 0.4) is 0 Å². The topological polar surface area (TPSA) is 163 Å². The Labute approximate surface area is 222 Å². The number of rotatable bonds is 9. The van der Waals surface area contributed by atoms with Crippen molar-refractivity contribution in [3.8, 4) is 0 Å². The molecule has 0 aromatic heterocycles. The minimum atomic E-state index is -0.951. The van der Waals surface area contributed by atoms with Crippen LogP contribution in [0.25, 0.3) is 0 Å². The average Bonchev–Trinajstić information content (AvgIpc) is 2.89. The third-order valence-electron chi connectivity index (χ3n) is 6.46. The van der Waals surface area contributed by atoms with E-state index in [1.165, 1.54) is 0 Å². The fourth-order valence-electron chi connectivity index (χ4n) is 4.62. The summed E-state index contributed by atoms with van der Waals surface area (Å²) in [7, 11) is 0. The maximum absolute atomic E-state index is 13.0. The number of fused-ring (bicyclic) bond motifs is 3. The largest absolute Gasteiger partial charge is 0.444 e. The first-order chi connectivity index (χ1) is 18.0. The molecule has 12 heteroatoms. The van der Waals surface area contributed by atoms with Gasteiger partial charge in [-0.1, -0.05) is 30.3 Å². The smallest absolute Gasteiger partial charge is 0.410 e. The van der Waals surface area contributed by atoms with Gasteiger partial charge in [0.25, 0.3) is 0 Å². The molecule has 0 radical (unpaired) electrons. The Morgan fingerprint density at radius 2 is 1.58 bits per heavy atom. The van der Waals surface area contributed by atoms with Gasteiger partial charge in [0.15, 0.2) is 0 Å². The van der Waals surface area contributed by atoms with Gasteiger partial charge in [-0.25, -0.2) is 4.79 Å². The molecule has 1 aromatic carbocycles. The fourth-order valence-corrected chi connectivity index (χ4v) is 4.62. The van der Waals surface area contributed by atoms with E-state index in [4.69, 9.17) is 10.5 Å². The van der Waals surface area contributed by atoms with Crippen LogP contribution in [-0.2, 0) is 30.3 Å². The van der Waals surface area contributed by atoms with Gasteiger partial charge in [0, 0.05) is 25.6 Å². The number of nitrogens with one attached hydrogen (secondary N) is 3. The van der Waals surface area contributed by atoms with E-state index < -0.39 is 29.4 Å². The van der Waals surface area contributed by atoms with Crippen molar-refractivity contribution < 1.29 is 28.7 Å². The van der Waals surface area contributed by atoms with Crippen molar-refractivity contribution in [1.29, 1.82) is 0 Å². The number of carbonyl (C=O) groups excluding carboxylic acids is 5. The Kier molecular flexibility index (Phi) is 9.67. The second kappa shape index (κ2) is 12.7. The summed E-state index contributed by atoms with van der Waals surface area (Å²) in [6.07, 6.45) is 1.38. The molecule has 3 saturated heterocycles. The van der Waals surface area contributed by atoms with Gasteiger partial charge in [0.1, 0.15) is 11.6 Å². The molecular formula is C26H38N6O6. The van der Waals surface area contributed by atoms with Crippen molar-refractivity contribution >= 4 is 29.7 Å². The number of piperazine rings is 1. The summed E-state index contributed by atoms with van der Waals surface area (Å²) in [4.78, 5) is 65.8. The van der Waals surface area contributed by atoms with Gasteiger partial charge in [-0.2, -0.15) is 0 Å². The highest BCUT2D eigenvalue weighted by atomic mass is 16.6. The van der Waals surface area contributed by atoms with Crippen LogP contribution in [-0.4, -0.2) is 96.0 Å². The zero-order valence-corrected chi connectivity index (χ0v) is 22.2. The number of ether oxygens (including phenoxy) is 1. The molecule has 5 N–H and O–H groups in total. The lowest BCUT2D eigenvalue weighted by molar-refractivity contribution is -0.142. The van der Waals surface area contributed by atoms with E-state index in [0.29, 0.717) is 13.1 Å². The number of nitrogens with two attached hydrogens (primary N) is 1. The van der Waals surface area contributed by atoms with E-state index in [0.717, 1.165) is 18.4 Å². The fraction of sp³-hybridized carbons (Fsp3) is 0.577. The number of benzene rings is 1. The molecule has 2 bridgehead atoms. The third kappa shape index (κ3) is 8.17. The number of carbonyl (C=O) groups is 5. The van der Waals surface area contributed by atoms with Crippen molar-refractivity contribution in [3.05, 3.63) is 35.9 Å². The van der Waals surface area contributed by atoms with Crippen LogP contribution in [0.1, 0.15) is 39.2 Å². The van der Waals surface area contributed by atoms with Crippen molar-refractivity contribution in [2.75, 3.05) is 32.7 Å². The zero-order chi connectivity index (χ0) is 27.9. The number of hydrogen-bond donors (Lipinski definition) is 4. The first-order valence-electron chi connectivity index (χ1n) is 12.8. The highest BCUT2D eigenvalue weighted by molar-refractivity contribution is 5.92. The predicted molar refractivity (Wildman–Crippen MR) is 139 cm³/mol. The van der Waals surface area contributed by atoms with E-state index >= 15 is 0 Å². The highest BCUT2D eigenvalue weighted by Gasteiger charge is 2.44. The minimum absolute atomic E-state index is 0.136. The SMILES string of the molecule is CC(C)(C)OC(=O)N1CC2CC[C@@H]1CN2C(=O)CNC(=O)[C@H](Cc1ccccc1)NC(=O)CNC(=O)CN. The van der Waals surface area contributed by atoms with Gasteiger partial charge in [0.05, 0.1) is 25.7 Å². The minimum Gasteiger partial charge on any atom is -0.444 e. The summed E-state index contributed by atoms with van der Waals surface area (Å²) in [5, 5.41) is 7.64. The highest BCUT2D eigenvalue weighted by Crippen LogP contribution is 2.30. The molecule has 4 rings (SSSR count). The quantitative estimate of drug-likeness (QED) is 0.335. The molecule has 208 valence electrons. The first-order valence-corrected chi connectivity index (χ1v) is 12.8. The van der Waals surface area contributed by atoms with Crippen LogP contribution in [0.4, 0.5) is 4.79 Å². The summed E-state index contributed by atoms with van der Waals surface area (Å²) < 4.78 is 5.51. The van der Waals surface area contributed by atoms with Gasteiger partial charge in [0.2, 0.25) is 23.6 Å². The summed E-state index contributed by atoms with van der Waals surface area (Å²) in [5.74, 6) is -1.81. The van der Waals surface area contributed by atoms with Crippen LogP contribution in [0.15, 0.2) is 30.3 Å². The number of piperidine rings is 2. The normalized spacial score (nSPS) is 19.4. The molecule has 5 amide bonds. The maximum Gasteiger partial charge on any atom is 0.410 e. The zero-order valence-electron chi connectivity index (χ0n) is 22.2. The van der Waals surface area contributed by atoms with Gasteiger partial charge in [-0.3, -0.25) is 19.2 Å². The molecule has 1 aromatic rings. The molecule has 3 aliphatic heterocycles. The third-order valence-corrected chi connectivity index (χ3v) is 6.46. The number of amides is 5. The second-order valence-electron chi connectivity index (χ2n) is 10.6. The maximum atomic E-state index is 13.0. The summed E-state index contributed by atoms with van der Waals surface area (Å²) in [6, 6.07) is 7.91. The van der Waals surface area contributed by atoms with Crippen LogP contribution in [0, 0.1) is 0 Å². The molecule has 3 aliphatic rings. The molecule has 12 nitrogen and oxygen atoms in total. The Morgan fingerprint density at radius 3 is 2.16 bits per heavy atom. The molecule has 0 saturated carbocycles. The van der Waals surface area contributed by atoms with Crippen molar-refractivity contribution in [2.24, 2.45) is 5.73 Å². The summed E-state index contributed by atoms with van der Waals surface area (Å²) in [5.41, 5.74) is 5.46. The van der Waals surface area contributed by atoms with Crippen LogP contribution < -0.4 is 21.7 Å². The van der Waals surface area contributed by atoms with Gasteiger partial charge >= 0.3 is 6.09 Å². The van der Waals surface area contributed by atoms with Gasteiger partial charge in [-0.05, 0) is 39.2 Å². The van der Waals surface area contributed by atoms with Crippen molar-refractivity contribution in [2.45, 2.75) is 63.8 Å². The molecule has 1 unspecified atom stereocenters. The van der Waals surface area contributed by atoms with Crippen LogP contribution in [0.2, 0.25) is 0 Å². The lowest BCUT2D eigenvalue weighted by atomic mass is 9.91. The summed E-state index contributed by atoms with van der Waals surface area (Å²) >= 11 is 0. The average molecular weight is 531 g/mol. The molecule has 3 heterocycles. The van der Waals surface area contributed by atoms with E-state index in [2.05, 4.69) is 16.0 Å². The van der Waals surface area contributed by atoms with Crippen LogP contribution >= 0.6 is 0 Å². The number of nitrogens with zero attached hydrogens (tertiary/aromatic N) is 2. The second-order valence-corrected chi connectivity index (χ2v) is 10.6. The van der Waals surface area contributed by atoms with Crippen molar-refractivity contribution in [3.63, 3.8) is 0 Å². The van der Waals surface area contributed by atoms with E-state index in [1.54, 1.807) is 9.80 Å². The molecule has 0 aliphatic carbocycles. The molecule has 0 spiro atoms. The lowest BCUT2D eigenvalue weighted by Gasteiger charge is -2.51. The molecule has 3 fully saturated rings. The lowest BCUT2D eigenvalue weighted by Crippen LogP contribution is -2.66. The molecule has 38 heavy (non-hydrogen) atoms. The Bertz CT molecular complexity index is 1030. The first kappa shape index (κ1) is 28.9.